The maximum atomic E-state index is 15.0. The van der Waals surface area contributed by atoms with Crippen LogP contribution >= 0.6 is 30.5 Å². The van der Waals surface area contributed by atoms with E-state index in [0.29, 0.717) is 5.56 Å². The van der Waals surface area contributed by atoms with Gasteiger partial charge in [-0.05, 0) is 0 Å². The van der Waals surface area contributed by atoms with E-state index in [0.717, 1.165) is 0 Å². The summed E-state index contributed by atoms with van der Waals surface area (Å²) in [6, 6.07) is 31.9. The summed E-state index contributed by atoms with van der Waals surface area (Å²) in [4.78, 5) is -4.08. The molecule has 0 radical (unpaired) electrons. The molecule has 0 aliphatic carbocycles. The molecule has 0 fully saturated rings. The van der Waals surface area contributed by atoms with E-state index in [1.54, 1.807) is 31.2 Å². The van der Waals surface area contributed by atoms with Crippen LogP contribution < -0.4 is 4.74 Å². The molecule has 334 valence electrons. The van der Waals surface area contributed by atoms with Crippen LogP contribution in [0.15, 0.2) is 158 Å². The van der Waals surface area contributed by atoms with Gasteiger partial charge in [-0.2, -0.15) is 8.42 Å². The fourth-order valence-electron chi connectivity index (χ4n) is 6.03. The van der Waals surface area contributed by atoms with Gasteiger partial charge in [0.15, 0.2) is 28.2 Å². The van der Waals surface area contributed by atoms with Crippen molar-refractivity contribution < 1.29 is 71.6 Å². The first-order valence-corrected chi connectivity index (χ1v) is 25.2. The average molecular weight is 1070 g/mol. The van der Waals surface area contributed by atoms with Gasteiger partial charge in [-0.15, -0.1) is 0 Å². The summed E-state index contributed by atoms with van der Waals surface area (Å²) in [5.41, 5.74) is 0.481. The average Bonchev–Trinajstić information content (AvgIpc) is 3.28. The summed E-state index contributed by atoms with van der Waals surface area (Å²) in [6.07, 6.45) is 0. The van der Waals surface area contributed by atoms with Crippen LogP contribution in [0.25, 0.3) is 0 Å². The Morgan fingerprint density at radius 2 is 0.766 bits per heavy atom. The molecule has 7 aromatic carbocycles. The van der Waals surface area contributed by atoms with E-state index in [-0.39, 0.29) is 33.3 Å². The second-order valence-electron chi connectivity index (χ2n) is 13.0. The van der Waals surface area contributed by atoms with Crippen molar-refractivity contribution in [1.82, 2.24) is 0 Å². The van der Waals surface area contributed by atoms with Crippen molar-refractivity contribution in [2.45, 2.75) is 31.4 Å². The number of ether oxygens (including phenoxy) is 1. The molecule has 0 atom stereocenters. The molecule has 0 aliphatic heterocycles. The zero-order chi connectivity index (χ0) is 46.3. The molecule has 0 amide bonds. The van der Waals surface area contributed by atoms with Crippen molar-refractivity contribution >= 4 is 50.8 Å². The van der Waals surface area contributed by atoms with Gasteiger partial charge in [-0.3, -0.25) is 0 Å². The number of hydrogen-bond acceptors (Lipinski definition) is 7. The molecule has 0 unspecified atom stereocenters. The third-order valence-electron chi connectivity index (χ3n) is 8.99. The summed E-state index contributed by atoms with van der Waals surface area (Å²) in [5, 5.41) is 0. The van der Waals surface area contributed by atoms with Crippen molar-refractivity contribution in [2.75, 3.05) is 0 Å². The number of benzene rings is 7. The van der Waals surface area contributed by atoms with E-state index in [1.807, 2.05) is 0 Å². The first-order valence-electron chi connectivity index (χ1n) is 17.8. The van der Waals surface area contributed by atoms with Gasteiger partial charge in [-0.25, -0.2) is 22.0 Å². The minimum atomic E-state index is -5.84. The molecular formula is C43H25F10IO7S3. The standard InChI is InChI=1S/C43H25F10IO7S3/c1-24-10-8-9-15-31(24)54(60-63(55,56)42-38(50)34(46)32(44)35(47)39(42)51)25-16-18-26(19-17-25)59-27-20-22-30(23-21-27)62(28-11-4-2-5-12-28,29-13-6-3-7-14-29)61-64(57,58)43-40(52)36(48)33(45)37(49)41(43)53/h2-23H,1H3. The Kier molecular flexibility index (Phi) is 13.2. The zero-order valence-electron chi connectivity index (χ0n) is 31.9. The Morgan fingerprint density at radius 3 is 1.20 bits per heavy atom. The Hall–Kier alpha value is -5.46. The van der Waals surface area contributed by atoms with Crippen LogP contribution in [-0.2, 0) is 26.4 Å². The predicted molar refractivity (Wildman–Crippen MR) is 220 cm³/mol. The second kappa shape index (κ2) is 18.2. The van der Waals surface area contributed by atoms with Crippen LogP contribution in [-0.4, -0.2) is 16.8 Å². The summed E-state index contributed by atoms with van der Waals surface area (Å²) in [6.45, 7) is 1.58. The molecular weight excluding hydrogens is 1040 g/mol. The van der Waals surface area contributed by atoms with E-state index >= 15 is 8.78 Å². The quantitative estimate of drug-likeness (QED) is 0.0491. The van der Waals surface area contributed by atoms with E-state index in [4.69, 9.17) is 10.9 Å². The number of halogens is 11. The summed E-state index contributed by atoms with van der Waals surface area (Å²) in [5.74, 6) is -25.4. The third kappa shape index (κ3) is 8.58. The summed E-state index contributed by atoms with van der Waals surface area (Å²) >= 11 is -3.84. The van der Waals surface area contributed by atoms with Gasteiger partial charge in [0.25, 0.3) is 0 Å². The van der Waals surface area contributed by atoms with Crippen molar-refractivity contribution in [2.24, 2.45) is 0 Å². The van der Waals surface area contributed by atoms with Gasteiger partial charge < -0.3 is 0 Å². The normalized spacial score (nSPS) is 12.6. The van der Waals surface area contributed by atoms with Crippen LogP contribution in [0.1, 0.15) is 5.56 Å². The van der Waals surface area contributed by atoms with Gasteiger partial charge in [-0.1, -0.05) is 36.4 Å². The van der Waals surface area contributed by atoms with Crippen LogP contribution in [0, 0.1) is 72.2 Å². The number of aryl methyl sites for hydroxylation is 1. The van der Waals surface area contributed by atoms with Crippen molar-refractivity contribution in [3.05, 3.63) is 204 Å². The van der Waals surface area contributed by atoms with E-state index in [1.165, 1.54) is 109 Å². The Labute approximate surface area is 367 Å². The molecule has 21 heteroatoms. The fourth-order valence-corrected chi connectivity index (χ4v) is 18.7. The van der Waals surface area contributed by atoms with Crippen molar-refractivity contribution in [3.8, 4) is 11.5 Å². The molecule has 7 nitrogen and oxygen atoms in total. The Morgan fingerprint density at radius 1 is 0.406 bits per heavy atom. The van der Waals surface area contributed by atoms with E-state index < -0.39 is 119 Å². The molecule has 0 spiro atoms. The monoisotopic (exact) mass is 1070 g/mol. The Bertz CT molecular complexity index is 3040. The van der Waals surface area contributed by atoms with Gasteiger partial charge >= 0.3 is 269 Å². The summed E-state index contributed by atoms with van der Waals surface area (Å²) in [7, 11) is -15.1. The number of rotatable bonds is 13. The van der Waals surface area contributed by atoms with Gasteiger partial charge in [0.05, 0.1) is 0 Å². The third-order valence-corrected chi connectivity index (χ3v) is 22.0. The molecule has 0 bridgehead atoms. The van der Waals surface area contributed by atoms with E-state index in [9.17, 15) is 52.0 Å². The topological polar surface area (TPSA) is 96.0 Å². The van der Waals surface area contributed by atoms with Crippen LogP contribution in [0.4, 0.5) is 43.9 Å². The molecule has 7 rings (SSSR count). The van der Waals surface area contributed by atoms with Gasteiger partial charge in [0, 0.05) is 0 Å². The second-order valence-corrected chi connectivity index (χ2v) is 23.8. The zero-order valence-corrected chi connectivity index (χ0v) is 36.5. The first kappa shape index (κ1) is 46.5. The SMILES string of the molecule is Cc1ccccc1I(OS(=O)(=O)c1c(F)c(F)c(F)c(F)c1F)c1ccc(Oc2ccc(S(OS(=O)(=O)c3c(F)c(F)c(F)c(F)c3F)(c3ccccc3)c3ccccc3)cc2)cc1. The minimum absolute atomic E-state index is 0.0417. The molecule has 7 aromatic rings. The molecule has 0 saturated heterocycles. The predicted octanol–water partition coefficient (Wildman–Crippen LogP) is 12.6. The molecule has 0 saturated carbocycles. The van der Waals surface area contributed by atoms with Crippen LogP contribution in [0.5, 0.6) is 11.5 Å². The van der Waals surface area contributed by atoms with Crippen molar-refractivity contribution in [3.63, 3.8) is 0 Å². The number of hydrogen-bond donors (Lipinski definition) is 0. The van der Waals surface area contributed by atoms with Crippen LogP contribution in [0.2, 0.25) is 0 Å². The maximum absolute atomic E-state index is 15.0. The fraction of sp³-hybridized carbons (Fsp3) is 0.0233. The van der Waals surface area contributed by atoms with Gasteiger partial charge in [0.1, 0.15) is 0 Å². The first-order chi connectivity index (χ1) is 30.3. The molecule has 0 heterocycles. The van der Waals surface area contributed by atoms with Crippen molar-refractivity contribution in [1.29, 1.82) is 0 Å². The Balaban J connectivity index is 1.25. The van der Waals surface area contributed by atoms with E-state index in [2.05, 4.69) is 0 Å². The van der Waals surface area contributed by atoms with Crippen LogP contribution in [0.3, 0.4) is 0 Å². The molecule has 0 aromatic heterocycles. The molecule has 64 heavy (non-hydrogen) atoms. The molecule has 0 N–H and O–H groups in total. The van der Waals surface area contributed by atoms with Gasteiger partial charge in [0.2, 0.25) is 5.82 Å². The molecule has 0 aliphatic rings. The summed E-state index contributed by atoms with van der Waals surface area (Å²) < 4.78 is 216.